The SMILES string of the molecule is Cc1nn(CCO)cc1CN1CCN(C)[C@@]2(CCC(=O)N(C)CC2)C1. The molecule has 1 spiro atoms. The van der Waals surface area contributed by atoms with Crippen molar-refractivity contribution < 1.29 is 9.90 Å². The van der Waals surface area contributed by atoms with Crippen LogP contribution in [0.15, 0.2) is 6.20 Å². The van der Waals surface area contributed by atoms with Crippen LogP contribution in [0.4, 0.5) is 0 Å². The molecular formula is C18H31N5O2. The van der Waals surface area contributed by atoms with E-state index in [1.54, 1.807) is 0 Å². The maximum absolute atomic E-state index is 12.1. The van der Waals surface area contributed by atoms with Crippen LogP contribution >= 0.6 is 0 Å². The van der Waals surface area contributed by atoms with E-state index in [1.807, 2.05) is 23.6 Å². The topological polar surface area (TPSA) is 64.8 Å². The first kappa shape index (κ1) is 18.4. The zero-order valence-electron chi connectivity index (χ0n) is 15.7. The molecule has 0 radical (unpaired) electrons. The molecule has 0 saturated carbocycles. The maximum atomic E-state index is 12.1. The summed E-state index contributed by atoms with van der Waals surface area (Å²) in [6.07, 6.45) is 4.67. The van der Waals surface area contributed by atoms with Crippen molar-refractivity contribution in [1.29, 1.82) is 0 Å². The van der Waals surface area contributed by atoms with Gasteiger partial charge in [0.2, 0.25) is 5.91 Å². The first-order chi connectivity index (χ1) is 11.9. The Labute approximate surface area is 150 Å². The average Bonchev–Trinajstić information content (AvgIpc) is 2.85. The van der Waals surface area contributed by atoms with Crippen molar-refractivity contribution in [2.45, 2.75) is 44.8 Å². The van der Waals surface area contributed by atoms with Gasteiger partial charge in [-0.25, -0.2) is 0 Å². The summed E-state index contributed by atoms with van der Waals surface area (Å²) in [5.74, 6) is 0.267. The van der Waals surface area contributed by atoms with Crippen molar-refractivity contribution in [1.82, 2.24) is 24.5 Å². The Balaban J connectivity index is 1.71. The van der Waals surface area contributed by atoms with E-state index in [1.165, 1.54) is 5.56 Å². The molecule has 2 aliphatic heterocycles. The van der Waals surface area contributed by atoms with Gasteiger partial charge in [0.25, 0.3) is 0 Å². The number of aryl methyl sites for hydroxylation is 1. The molecule has 140 valence electrons. The molecule has 3 rings (SSSR count). The number of nitrogens with zero attached hydrogens (tertiary/aromatic N) is 5. The van der Waals surface area contributed by atoms with Gasteiger partial charge in [0.05, 0.1) is 18.8 Å². The lowest BCUT2D eigenvalue weighted by Crippen LogP contribution is -2.60. The zero-order chi connectivity index (χ0) is 18.0. The average molecular weight is 349 g/mol. The molecule has 2 saturated heterocycles. The lowest BCUT2D eigenvalue weighted by molar-refractivity contribution is -0.129. The third kappa shape index (κ3) is 3.88. The predicted molar refractivity (Wildman–Crippen MR) is 96.2 cm³/mol. The molecule has 1 aromatic rings. The number of piperazine rings is 1. The summed E-state index contributed by atoms with van der Waals surface area (Å²) >= 11 is 0. The van der Waals surface area contributed by atoms with Crippen molar-refractivity contribution in [2.24, 2.45) is 0 Å². The minimum Gasteiger partial charge on any atom is -0.394 e. The van der Waals surface area contributed by atoms with Crippen molar-refractivity contribution in [3.63, 3.8) is 0 Å². The third-order valence-electron chi connectivity index (χ3n) is 5.99. The molecule has 25 heavy (non-hydrogen) atoms. The number of carbonyl (C=O) groups is 1. The predicted octanol–water partition coefficient (Wildman–Crippen LogP) is 0.312. The molecule has 2 aliphatic rings. The summed E-state index contributed by atoms with van der Waals surface area (Å²) in [5, 5.41) is 13.6. The van der Waals surface area contributed by atoms with E-state index in [0.29, 0.717) is 13.0 Å². The Kier molecular flexibility index (Phi) is 5.46. The Morgan fingerprint density at radius 2 is 2.04 bits per heavy atom. The number of hydrogen-bond acceptors (Lipinski definition) is 5. The quantitative estimate of drug-likeness (QED) is 0.848. The van der Waals surface area contributed by atoms with Crippen molar-refractivity contribution in [3.8, 4) is 0 Å². The summed E-state index contributed by atoms with van der Waals surface area (Å²) in [5.41, 5.74) is 2.36. The van der Waals surface area contributed by atoms with E-state index in [9.17, 15) is 4.79 Å². The fraction of sp³-hybridized carbons (Fsp3) is 0.778. The van der Waals surface area contributed by atoms with Gasteiger partial charge < -0.3 is 10.0 Å². The molecule has 0 unspecified atom stereocenters. The number of hydrogen-bond donors (Lipinski definition) is 1. The van der Waals surface area contributed by atoms with Gasteiger partial charge in [0.15, 0.2) is 0 Å². The Hall–Kier alpha value is -1.44. The Morgan fingerprint density at radius 3 is 2.80 bits per heavy atom. The molecule has 7 heteroatoms. The number of aromatic nitrogens is 2. The summed E-state index contributed by atoms with van der Waals surface area (Å²) in [6, 6.07) is 0. The van der Waals surface area contributed by atoms with Gasteiger partial charge in [-0.15, -0.1) is 0 Å². The number of rotatable bonds is 4. The molecule has 0 aliphatic carbocycles. The number of likely N-dealkylation sites (tertiary alicyclic amines) is 1. The van der Waals surface area contributed by atoms with Gasteiger partial charge in [0, 0.05) is 63.5 Å². The monoisotopic (exact) mass is 349 g/mol. The van der Waals surface area contributed by atoms with E-state index in [2.05, 4.69) is 28.1 Å². The van der Waals surface area contributed by atoms with Crippen molar-refractivity contribution in [2.75, 3.05) is 46.9 Å². The molecule has 7 nitrogen and oxygen atoms in total. The van der Waals surface area contributed by atoms with Crippen molar-refractivity contribution >= 4 is 5.91 Å². The second-order valence-corrected chi connectivity index (χ2v) is 7.65. The van der Waals surface area contributed by atoms with Gasteiger partial charge in [-0.1, -0.05) is 0 Å². The lowest BCUT2D eigenvalue weighted by Gasteiger charge is -2.49. The summed E-state index contributed by atoms with van der Waals surface area (Å²) in [6.45, 7) is 7.47. The molecule has 0 bridgehead atoms. The first-order valence-electron chi connectivity index (χ1n) is 9.25. The maximum Gasteiger partial charge on any atom is 0.222 e. The Morgan fingerprint density at radius 1 is 1.24 bits per heavy atom. The smallest absolute Gasteiger partial charge is 0.222 e. The number of aliphatic hydroxyl groups is 1. The lowest BCUT2D eigenvalue weighted by atomic mass is 9.86. The largest absolute Gasteiger partial charge is 0.394 e. The number of likely N-dealkylation sites (N-methyl/N-ethyl adjacent to an activating group) is 1. The van der Waals surface area contributed by atoms with Crippen LogP contribution in [-0.4, -0.2) is 87.9 Å². The highest BCUT2D eigenvalue weighted by Crippen LogP contribution is 2.32. The van der Waals surface area contributed by atoms with Crippen LogP contribution in [-0.2, 0) is 17.9 Å². The molecule has 1 amide bonds. The van der Waals surface area contributed by atoms with E-state index in [4.69, 9.17) is 5.11 Å². The normalized spacial score (nSPS) is 26.4. The highest BCUT2D eigenvalue weighted by Gasteiger charge is 2.41. The molecule has 3 heterocycles. The highest BCUT2D eigenvalue weighted by atomic mass is 16.3. The van der Waals surface area contributed by atoms with Gasteiger partial charge >= 0.3 is 0 Å². The molecule has 1 atom stereocenters. The minimum atomic E-state index is 0.0909. The van der Waals surface area contributed by atoms with Crippen LogP contribution < -0.4 is 0 Å². The molecule has 1 N–H and O–H groups in total. The third-order valence-corrected chi connectivity index (χ3v) is 5.99. The van der Waals surface area contributed by atoms with Crippen molar-refractivity contribution in [3.05, 3.63) is 17.5 Å². The zero-order valence-corrected chi connectivity index (χ0v) is 15.7. The standard InChI is InChI=1S/C18H31N5O2/c1-15-16(13-23(19-15)10-11-24)12-22-9-8-21(3)18(14-22)5-4-17(25)20(2)7-6-18/h13,24H,4-12,14H2,1-3H3/t18-/m1/s1. The molecule has 1 aromatic heterocycles. The molecule has 0 aromatic carbocycles. The second-order valence-electron chi connectivity index (χ2n) is 7.65. The van der Waals surface area contributed by atoms with Crippen LogP contribution in [0.2, 0.25) is 0 Å². The van der Waals surface area contributed by atoms with Gasteiger partial charge in [-0.2, -0.15) is 5.10 Å². The van der Waals surface area contributed by atoms with Gasteiger partial charge in [-0.05, 0) is 26.8 Å². The van der Waals surface area contributed by atoms with E-state index >= 15 is 0 Å². The fourth-order valence-corrected chi connectivity index (χ4v) is 4.15. The van der Waals surface area contributed by atoms with E-state index in [-0.39, 0.29) is 18.1 Å². The summed E-state index contributed by atoms with van der Waals surface area (Å²) in [7, 11) is 4.12. The van der Waals surface area contributed by atoms with Crippen LogP contribution in [0.3, 0.4) is 0 Å². The van der Waals surface area contributed by atoms with Gasteiger partial charge in [-0.3, -0.25) is 19.3 Å². The first-order valence-corrected chi connectivity index (χ1v) is 9.25. The number of carbonyl (C=O) groups excluding carboxylic acids is 1. The minimum absolute atomic E-state index is 0.0909. The van der Waals surface area contributed by atoms with Crippen LogP contribution in [0.1, 0.15) is 30.5 Å². The summed E-state index contributed by atoms with van der Waals surface area (Å²) < 4.78 is 1.83. The highest BCUT2D eigenvalue weighted by molar-refractivity contribution is 5.76. The Bertz CT molecular complexity index is 617. The van der Waals surface area contributed by atoms with Gasteiger partial charge in [0.1, 0.15) is 0 Å². The van der Waals surface area contributed by atoms with Crippen LogP contribution in [0, 0.1) is 6.92 Å². The number of aliphatic hydroxyl groups excluding tert-OH is 1. The van der Waals surface area contributed by atoms with E-state index in [0.717, 1.165) is 51.3 Å². The number of amides is 1. The van der Waals surface area contributed by atoms with E-state index < -0.39 is 0 Å². The second kappa shape index (κ2) is 7.43. The molecule has 2 fully saturated rings. The molecular weight excluding hydrogens is 318 g/mol. The van der Waals surface area contributed by atoms with Crippen LogP contribution in [0.25, 0.3) is 0 Å². The fourth-order valence-electron chi connectivity index (χ4n) is 4.15. The summed E-state index contributed by atoms with van der Waals surface area (Å²) in [4.78, 5) is 18.9. The van der Waals surface area contributed by atoms with Crippen LogP contribution in [0.5, 0.6) is 0 Å².